The molecule has 6 heteroatoms. The number of benzene rings is 1. The second kappa shape index (κ2) is 6.07. The van der Waals surface area contributed by atoms with E-state index in [1.165, 1.54) is 0 Å². The molecule has 1 N–H and O–H groups in total. The Morgan fingerprint density at radius 3 is 3.00 bits per heavy atom. The molecule has 1 aromatic rings. The van der Waals surface area contributed by atoms with Crippen LogP contribution in [0.1, 0.15) is 17.9 Å². The van der Waals surface area contributed by atoms with Crippen LogP contribution in [0.2, 0.25) is 0 Å². The van der Waals surface area contributed by atoms with Crippen LogP contribution in [-0.2, 0) is 14.3 Å². The highest BCUT2D eigenvalue weighted by molar-refractivity contribution is 7.99. The summed E-state index contributed by atoms with van der Waals surface area (Å²) in [6.45, 7) is 1.25. The van der Waals surface area contributed by atoms with E-state index in [1.807, 2.05) is 24.3 Å². The number of carboxylic acids is 1. The molecule has 1 saturated heterocycles. The molecule has 0 spiro atoms. The number of ether oxygens (including phenoxy) is 1. The summed E-state index contributed by atoms with van der Waals surface area (Å²) >= 11 is 1.69. The zero-order valence-corrected chi connectivity index (χ0v) is 12.3. The molecule has 0 aromatic heterocycles. The van der Waals surface area contributed by atoms with E-state index in [2.05, 4.69) is 0 Å². The molecule has 0 aliphatic carbocycles. The molecule has 1 aromatic carbocycles. The summed E-state index contributed by atoms with van der Waals surface area (Å²) in [5, 5.41) is 8.99. The maximum absolute atomic E-state index is 12.8. The molecule has 0 bridgehead atoms. The largest absolute Gasteiger partial charge is 0.481 e. The first-order chi connectivity index (χ1) is 10.2. The Hall–Kier alpha value is -1.53. The Kier molecular flexibility index (Phi) is 4.17. The van der Waals surface area contributed by atoms with Gasteiger partial charge in [0, 0.05) is 17.2 Å². The molecule has 3 rings (SSSR count). The van der Waals surface area contributed by atoms with Crippen molar-refractivity contribution in [3.8, 4) is 0 Å². The minimum atomic E-state index is -0.899. The molecule has 2 unspecified atom stereocenters. The Bertz CT molecular complexity index is 562. The molecule has 2 aliphatic heterocycles. The fourth-order valence-corrected chi connectivity index (χ4v) is 4.10. The van der Waals surface area contributed by atoms with Crippen molar-refractivity contribution in [1.29, 1.82) is 0 Å². The second-order valence-corrected chi connectivity index (χ2v) is 6.32. The maximum Gasteiger partial charge on any atom is 0.305 e. The summed E-state index contributed by atoms with van der Waals surface area (Å²) in [6, 6.07) is 7.58. The van der Waals surface area contributed by atoms with Gasteiger partial charge in [0.05, 0.1) is 31.6 Å². The van der Waals surface area contributed by atoms with Crippen molar-refractivity contribution in [2.24, 2.45) is 0 Å². The van der Waals surface area contributed by atoms with Crippen molar-refractivity contribution < 1.29 is 19.4 Å². The van der Waals surface area contributed by atoms with Gasteiger partial charge in [0.15, 0.2) is 0 Å². The zero-order chi connectivity index (χ0) is 14.8. The molecule has 2 aliphatic rings. The van der Waals surface area contributed by atoms with Gasteiger partial charge in [-0.25, -0.2) is 0 Å². The lowest BCUT2D eigenvalue weighted by atomic mass is 9.98. The van der Waals surface area contributed by atoms with Crippen LogP contribution in [0, 0.1) is 0 Å². The smallest absolute Gasteiger partial charge is 0.305 e. The Morgan fingerprint density at radius 1 is 1.38 bits per heavy atom. The third-order valence-electron chi connectivity index (χ3n) is 3.92. The minimum absolute atomic E-state index is 0.0296. The van der Waals surface area contributed by atoms with Gasteiger partial charge in [-0.1, -0.05) is 18.2 Å². The Morgan fingerprint density at radius 2 is 2.19 bits per heavy atom. The highest BCUT2D eigenvalue weighted by Crippen LogP contribution is 2.40. The molecule has 21 heavy (non-hydrogen) atoms. The first kappa shape index (κ1) is 14.4. The number of hydrogen-bond donors (Lipinski definition) is 1. The fraction of sp³-hybridized carbons (Fsp3) is 0.467. The van der Waals surface area contributed by atoms with E-state index in [1.54, 1.807) is 16.7 Å². The number of fused-ring (bicyclic) bond motifs is 1. The molecule has 112 valence electrons. The highest BCUT2D eigenvalue weighted by atomic mass is 32.2. The van der Waals surface area contributed by atoms with Gasteiger partial charge in [-0.15, -0.1) is 11.8 Å². The number of carbonyl (C=O) groups is 2. The average molecular weight is 307 g/mol. The van der Waals surface area contributed by atoms with Crippen LogP contribution in [0.15, 0.2) is 29.2 Å². The zero-order valence-electron chi connectivity index (χ0n) is 11.5. The summed E-state index contributed by atoms with van der Waals surface area (Å²) in [4.78, 5) is 26.6. The number of rotatable bonds is 3. The van der Waals surface area contributed by atoms with Crippen LogP contribution < -0.4 is 0 Å². The summed E-state index contributed by atoms with van der Waals surface area (Å²) in [5.74, 6) is -0.304. The normalized spacial score (nSPS) is 24.7. The van der Waals surface area contributed by atoms with Gasteiger partial charge in [-0.05, 0) is 11.6 Å². The molecule has 1 amide bonds. The monoisotopic (exact) mass is 307 g/mol. The summed E-state index contributed by atoms with van der Waals surface area (Å²) in [6.07, 6.45) is -0.0623. The van der Waals surface area contributed by atoms with Crippen LogP contribution >= 0.6 is 11.8 Å². The average Bonchev–Trinajstić information content (AvgIpc) is 2.90. The van der Waals surface area contributed by atoms with E-state index in [9.17, 15) is 9.59 Å². The van der Waals surface area contributed by atoms with Crippen LogP contribution in [0.4, 0.5) is 0 Å². The van der Waals surface area contributed by atoms with Gasteiger partial charge in [0.2, 0.25) is 5.91 Å². The molecule has 1 fully saturated rings. The number of morpholine rings is 1. The maximum atomic E-state index is 12.8. The van der Waals surface area contributed by atoms with Crippen molar-refractivity contribution in [3.63, 3.8) is 0 Å². The van der Waals surface area contributed by atoms with Crippen LogP contribution in [0.25, 0.3) is 0 Å². The van der Waals surface area contributed by atoms with E-state index >= 15 is 0 Å². The molecule has 5 nitrogen and oxygen atoms in total. The van der Waals surface area contributed by atoms with Crippen molar-refractivity contribution >= 4 is 23.6 Å². The van der Waals surface area contributed by atoms with Gasteiger partial charge in [0.1, 0.15) is 0 Å². The van der Waals surface area contributed by atoms with Crippen molar-refractivity contribution in [2.75, 3.05) is 25.5 Å². The van der Waals surface area contributed by atoms with E-state index < -0.39 is 5.97 Å². The van der Waals surface area contributed by atoms with Gasteiger partial charge >= 0.3 is 5.97 Å². The highest BCUT2D eigenvalue weighted by Gasteiger charge is 2.36. The summed E-state index contributed by atoms with van der Waals surface area (Å²) in [5.41, 5.74) is 1.06. The van der Waals surface area contributed by atoms with Gasteiger partial charge < -0.3 is 14.7 Å². The number of amides is 1. The molecule has 0 saturated carbocycles. The number of nitrogens with zero attached hydrogens (tertiary/aromatic N) is 1. The van der Waals surface area contributed by atoms with Crippen LogP contribution in [0.5, 0.6) is 0 Å². The molecular formula is C15H17NO4S. The summed E-state index contributed by atoms with van der Waals surface area (Å²) in [7, 11) is 0. The van der Waals surface area contributed by atoms with Gasteiger partial charge in [0.25, 0.3) is 0 Å². The Balaban J connectivity index is 1.79. The number of aliphatic carboxylic acids is 1. The van der Waals surface area contributed by atoms with Crippen molar-refractivity contribution in [2.45, 2.75) is 23.3 Å². The Labute approximate surface area is 127 Å². The lowest BCUT2D eigenvalue weighted by Crippen LogP contribution is -2.51. The topological polar surface area (TPSA) is 66.8 Å². The third kappa shape index (κ3) is 2.91. The molecule has 2 atom stereocenters. The number of thioether (sulfide) groups is 1. The van der Waals surface area contributed by atoms with Crippen LogP contribution in [-0.4, -0.2) is 53.4 Å². The first-order valence-electron chi connectivity index (χ1n) is 6.98. The van der Waals surface area contributed by atoms with Crippen molar-refractivity contribution in [1.82, 2.24) is 4.90 Å². The number of hydrogen-bond acceptors (Lipinski definition) is 4. The third-order valence-corrected chi connectivity index (χ3v) is 5.10. The standard InChI is InChI=1S/C15H17NO4S/c17-14(18)7-10-8-20-6-5-16(10)15(19)12-9-21-13-4-2-1-3-11(12)13/h1-4,10,12H,5-9H2,(H,17,18). The lowest BCUT2D eigenvalue weighted by molar-refractivity contribution is -0.146. The van der Waals surface area contributed by atoms with Gasteiger partial charge in [-0.3, -0.25) is 9.59 Å². The predicted molar refractivity (Wildman–Crippen MR) is 78.5 cm³/mol. The molecule has 0 radical (unpaired) electrons. The predicted octanol–water partition coefficient (Wildman–Crippen LogP) is 1.58. The number of carbonyl (C=O) groups excluding carboxylic acids is 1. The first-order valence-corrected chi connectivity index (χ1v) is 7.97. The van der Waals surface area contributed by atoms with E-state index in [4.69, 9.17) is 9.84 Å². The lowest BCUT2D eigenvalue weighted by Gasteiger charge is -2.36. The quantitative estimate of drug-likeness (QED) is 0.918. The van der Waals surface area contributed by atoms with E-state index in [-0.39, 0.29) is 24.3 Å². The summed E-state index contributed by atoms with van der Waals surface area (Å²) < 4.78 is 5.33. The minimum Gasteiger partial charge on any atom is -0.481 e. The van der Waals surface area contributed by atoms with Crippen LogP contribution in [0.3, 0.4) is 0 Å². The molecule has 2 heterocycles. The number of carboxylic acid groups (broad SMARTS) is 1. The van der Waals surface area contributed by atoms with E-state index in [0.29, 0.717) is 19.8 Å². The van der Waals surface area contributed by atoms with Crippen molar-refractivity contribution in [3.05, 3.63) is 29.8 Å². The van der Waals surface area contributed by atoms with Gasteiger partial charge in [-0.2, -0.15) is 0 Å². The molecular weight excluding hydrogens is 290 g/mol. The second-order valence-electron chi connectivity index (χ2n) is 5.26. The SMILES string of the molecule is O=C(O)CC1COCCN1C(=O)C1CSc2ccccc21. The van der Waals surface area contributed by atoms with E-state index in [0.717, 1.165) is 16.2 Å². The fourth-order valence-electron chi connectivity index (χ4n) is 2.88.